The van der Waals surface area contributed by atoms with Crippen LogP contribution in [0.5, 0.6) is 23.0 Å². The lowest BCUT2D eigenvalue weighted by Gasteiger charge is -2.21. The van der Waals surface area contributed by atoms with E-state index in [0.717, 1.165) is 11.5 Å². The summed E-state index contributed by atoms with van der Waals surface area (Å²) in [5, 5.41) is 0. The molecule has 0 saturated carbocycles. The maximum Gasteiger partial charge on any atom is 0.178 e. The Balaban J connectivity index is 1.89. The van der Waals surface area contributed by atoms with Gasteiger partial charge in [0, 0.05) is 0 Å². The molecule has 4 nitrogen and oxygen atoms in total. The fourth-order valence-electron chi connectivity index (χ4n) is 1.93. The highest BCUT2D eigenvalue weighted by atomic mass is 17.2. The Morgan fingerprint density at radius 3 is 0.958 bits per heavy atom. The highest BCUT2D eigenvalue weighted by molar-refractivity contribution is 5.33. The van der Waals surface area contributed by atoms with E-state index >= 15 is 0 Å². The van der Waals surface area contributed by atoms with Crippen molar-refractivity contribution in [3.05, 3.63) is 48.5 Å². The summed E-state index contributed by atoms with van der Waals surface area (Å²) >= 11 is 0. The molecule has 0 saturated heterocycles. The van der Waals surface area contributed by atoms with E-state index in [1.807, 2.05) is 65.8 Å². The van der Waals surface area contributed by atoms with Crippen LogP contribution in [0.15, 0.2) is 48.5 Å². The Kier molecular flexibility index (Phi) is 5.27. The Hall–Kier alpha value is -2.36. The number of ether oxygens (including phenoxy) is 2. The molecule has 4 heteroatoms. The zero-order chi connectivity index (χ0) is 17.8. The van der Waals surface area contributed by atoms with Gasteiger partial charge in [0.25, 0.3) is 0 Å². The van der Waals surface area contributed by atoms with Gasteiger partial charge in [0.15, 0.2) is 11.5 Å². The molecule has 2 rings (SSSR count). The summed E-state index contributed by atoms with van der Waals surface area (Å²) in [5.74, 6) is 2.79. The Morgan fingerprint density at radius 2 is 0.708 bits per heavy atom. The van der Waals surface area contributed by atoms with Crippen molar-refractivity contribution in [2.45, 2.75) is 52.7 Å². The summed E-state index contributed by atoms with van der Waals surface area (Å²) in [4.78, 5) is 10.6. The number of rotatable bonds is 5. The van der Waals surface area contributed by atoms with Gasteiger partial charge in [0.2, 0.25) is 0 Å². The maximum atomic E-state index is 5.76. The van der Waals surface area contributed by atoms with Gasteiger partial charge in [-0.3, -0.25) is 9.78 Å². The van der Waals surface area contributed by atoms with Crippen molar-refractivity contribution < 1.29 is 19.2 Å². The lowest BCUT2D eigenvalue weighted by Crippen LogP contribution is -2.22. The zero-order valence-corrected chi connectivity index (χ0v) is 15.3. The van der Waals surface area contributed by atoms with Crippen molar-refractivity contribution in [2.24, 2.45) is 0 Å². The van der Waals surface area contributed by atoms with Crippen LogP contribution in [0.2, 0.25) is 0 Å². The van der Waals surface area contributed by atoms with Crippen LogP contribution in [0, 0.1) is 0 Å². The van der Waals surface area contributed by atoms with Crippen LogP contribution in [-0.4, -0.2) is 11.2 Å². The first-order valence-electron chi connectivity index (χ1n) is 8.03. The standard InChI is InChI=1S/C20H26O4/c1-19(2,3)21-15-7-11-17(12-8-15)23-24-18-13-9-16(10-14-18)22-20(4,5)6/h7-14H,1-6H3. The van der Waals surface area contributed by atoms with Crippen molar-refractivity contribution >= 4 is 0 Å². The van der Waals surface area contributed by atoms with E-state index in [1.165, 1.54) is 0 Å². The van der Waals surface area contributed by atoms with Gasteiger partial charge in [-0.05, 0) is 90.1 Å². The Bertz CT molecular complexity index is 572. The Morgan fingerprint density at radius 1 is 0.458 bits per heavy atom. The molecule has 0 aliphatic rings. The molecule has 24 heavy (non-hydrogen) atoms. The summed E-state index contributed by atoms with van der Waals surface area (Å²) in [6, 6.07) is 14.6. The van der Waals surface area contributed by atoms with E-state index in [9.17, 15) is 0 Å². The topological polar surface area (TPSA) is 36.9 Å². The van der Waals surface area contributed by atoms with Gasteiger partial charge in [0.1, 0.15) is 22.7 Å². The summed E-state index contributed by atoms with van der Waals surface area (Å²) in [6.45, 7) is 12.0. The van der Waals surface area contributed by atoms with Crippen molar-refractivity contribution in [3.63, 3.8) is 0 Å². The van der Waals surface area contributed by atoms with Crippen LogP contribution in [0.4, 0.5) is 0 Å². The SMILES string of the molecule is CC(C)(C)Oc1ccc(OOc2ccc(OC(C)(C)C)cc2)cc1. The minimum atomic E-state index is -0.226. The van der Waals surface area contributed by atoms with Crippen molar-refractivity contribution in [1.82, 2.24) is 0 Å². The van der Waals surface area contributed by atoms with Gasteiger partial charge in [-0.2, -0.15) is 0 Å². The van der Waals surface area contributed by atoms with Crippen molar-refractivity contribution in [3.8, 4) is 23.0 Å². The second kappa shape index (κ2) is 7.04. The molecule has 0 unspecified atom stereocenters. The van der Waals surface area contributed by atoms with E-state index in [1.54, 1.807) is 24.3 Å². The van der Waals surface area contributed by atoms with E-state index in [-0.39, 0.29) is 11.2 Å². The van der Waals surface area contributed by atoms with Crippen LogP contribution in [0.3, 0.4) is 0 Å². The first kappa shape index (κ1) is 18.0. The number of benzene rings is 2. The second-order valence-corrected chi connectivity index (χ2v) is 7.54. The van der Waals surface area contributed by atoms with Gasteiger partial charge >= 0.3 is 0 Å². The fourth-order valence-corrected chi connectivity index (χ4v) is 1.93. The molecule has 0 N–H and O–H groups in total. The minimum absolute atomic E-state index is 0.226. The van der Waals surface area contributed by atoms with Gasteiger partial charge in [0.05, 0.1) is 0 Å². The summed E-state index contributed by atoms with van der Waals surface area (Å²) in [6.07, 6.45) is 0. The minimum Gasteiger partial charge on any atom is -0.488 e. The molecule has 0 bridgehead atoms. The largest absolute Gasteiger partial charge is 0.488 e. The van der Waals surface area contributed by atoms with Gasteiger partial charge in [-0.25, -0.2) is 0 Å². The lowest BCUT2D eigenvalue weighted by molar-refractivity contribution is -0.1000. The highest BCUT2D eigenvalue weighted by Gasteiger charge is 2.12. The number of hydrogen-bond acceptors (Lipinski definition) is 4. The third kappa shape index (κ3) is 6.41. The van der Waals surface area contributed by atoms with Gasteiger partial charge in [-0.1, -0.05) is 0 Å². The Labute approximate surface area is 144 Å². The smallest absolute Gasteiger partial charge is 0.178 e. The molecule has 2 aromatic carbocycles. The molecule has 0 atom stereocenters. The van der Waals surface area contributed by atoms with Gasteiger partial charge < -0.3 is 9.47 Å². The van der Waals surface area contributed by atoms with E-state index < -0.39 is 0 Å². The van der Waals surface area contributed by atoms with Crippen LogP contribution < -0.4 is 19.2 Å². The quantitative estimate of drug-likeness (QED) is 0.542. The average molecular weight is 330 g/mol. The molecule has 0 aromatic heterocycles. The van der Waals surface area contributed by atoms with E-state index in [0.29, 0.717) is 11.5 Å². The second-order valence-electron chi connectivity index (χ2n) is 7.54. The summed E-state index contributed by atoms with van der Waals surface area (Å²) in [5.41, 5.74) is -0.453. The average Bonchev–Trinajstić information content (AvgIpc) is 2.45. The number of hydrogen-bond donors (Lipinski definition) is 0. The fraction of sp³-hybridized carbons (Fsp3) is 0.400. The molecule has 0 aliphatic heterocycles. The predicted molar refractivity (Wildman–Crippen MR) is 94.9 cm³/mol. The zero-order valence-electron chi connectivity index (χ0n) is 15.3. The molecular formula is C20H26O4. The maximum absolute atomic E-state index is 5.76. The van der Waals surface area contributed by atoms with Gasteiger partial charge in [-0.15, -0.1) is 0 Å². The molecule has 0 heterocycles. The van der Waals surface area contributed by atoms with Crippen LogP contribution in [0.1, 0.15) is 41.5 Å². The first-order chi connectivity index (χ1) is 11.1. The van der Waals surface area contributed by atoms with Crippen molar-refractivity contribution in [1.29, 1.82) is 0 Å². The van der Waals surface area contributed by atoms with Crippen LogP contribution in [-0.2, 0) is 0 Å². The van der Waals surface area contributed by atoms with Crippen molar-refractivity contribution in [2.75, 3.05) is 0 Å². The molecule has 0 aliphatic carbocycles. The molecule has 2 aromatic rings. The van der Waals surface area contributed by atoms with E-state index in [2.05, 4.69) is 0 Å². The predicted octanol–water partition coefficient (Wildman–Crippen LogP) is 5.41. The molecule has 0 radical (unpaired) electrons. The van der Waals surface area contributed by atoms with Crippen LogP contribution >= 0.6 is 0 Å². The highest BCUT2D eigenvalue weighted by Crippen LogP contribution is 2.24. The summed E-state index contributed by atoms with van der Waals surface area (Å²) < 4.78 is 11.5. The third-order valence-corrected chi connectivity index (χ3v) is 2.73. The monoisotopic (exact) mass is 330 g/mol. The van der Waals surface area contributed by atoms with E-state index in [4.69, 9.17) is 19.2 Å². The molecule has 0 spiro atoms. The molecule has 0 fully saturated rings. The van der Waals surface area contributed by atoms with Crippen LogP contribution in [0.25, 0.3) is 0 Å². The molecule has 130 valence electrons. The first-order valence-corrected chi connectivity index (χ1v) is 8.03. The summed E-state index contributed by atoms with van der Waals surface area (Å²) in [7, 11) is 0. The normalized spacial score (nSPS) is 11.8. The third-order valence-electron chi connectivity index (χ3n) is 2.73. The lowest BCUT2D eigenvalue weighted by atomic mass is 10.2. The molecule has 0 amide bonds. The molecular weight excluding hydrogens is 304 g/mol.